The minimum absolute atomic E-state index is 0.375. The van der Waals surface area contributed by atoms with Gasteiger partial charge in [0.2, 0.25) is 0 Å². The molecule has 0 aromatic carbocycles. The molecule has 4 heteroatoms. The van der Waals surface area contributed by atoms with Crippen LogP contribution in [0.1, 0.15) is 25.1 Å². The first-order valence-corrected chi connectivity index (χ1v) is 3.74. The third kappa shape index (κ3) is 1.71. The lowest BCUT2D eigenvalue weighted by Gasteiger charge is -2.17. The molecule has 0 amide bonds. The summed E-state index contributed by atoms with van der Waals surface area (Å²) in [5.41, 5.74) is 5.88. The zero-order valence-electron chi connectivity index (χ0n) is 7.50. The first-order valence-electron chi connectivity index (χ1n) is 3.74. The van der Waals surface area contributed by atoms with E-state index >= 15 is 0 Å². The highest BCUT2D eigenvalue weighted by atomic mass is 16.3. The molecule has 0 fully saturated rings. The van der Waals surface area contributed by atoms with Crippen molar-refractivity contribution in [3.8, 4) is 0 Å². The number of aromatic nitrogens is 2. The van der Waals surface area contributed by atoms with Gasteiger partial charge in [-0.25, -0.2) is 0 Å². The summed E-state index contributed by atoms with van der Waals surface area (Å²) in [6.45, 7) is 5.18. The molecule has 12 heavy (non-hydrogen) atoms. The fourth-order valence-corrected chi connectivity index (χ4v) is 1.11. The van der Waals surface area contributed by atoms with Gasteiger partial charge in [-0.15, -0.1) is 5.10 Å². The SMILES string of the molecule is Cc1cc(N)nnc1C(C)(C)O. The van der Waals surface area contributed by atoms with E-state index in [2.05, 4.69) is 10.2 Å². The molecule has 4 nitrogen and oxygen atoms in total. The molecule has 1 heterocycles. The summed E-state index contributed by atoms with van der Waals surface area (Å²) in [6, 6.07) is 1.69. The molecule has 0 aliphatic carbocycles. The second-order valence-electron chi connectivity index (χ2n) is 3.36. The summed E-state index contributed by atoms with van der Waals surface area (Å²) in [7, 11) is 0. The van der Waals surface area contributed by atoms with E-state index in [1.807, 2.05) is 6.92 Å². The summed E-state index contributed by atoms with van der Waals surface area (Å²) in [5.74, 6) is 0.375. The predicted molar refractivity (Wildman–Crippen MR) is 46.4 cm³/mol. The van der Waals surface area contributed by atoms with Gasteiger partial charge in [0.15, 0.2) is 0 Å². The monoisotopic (exact) mass is 167 g/mol. The van der Waals surface area contributed by atoms with Gasteiger partial charge in [0.05, 0.1) is 5.69 Å². The molecule has 0 saturated heterocycles. The van der Waals surface area contributed by atoms with Crippen LogP contribution in [0.15, 0.2) is 6.07 Å². The maximum atomic E-state index is 9.62. The molecular weight excluding hydrogens is 154 g/mol. The van der Waals surface area contributed by atoms with Crippen molar-refractivity contribution >= 4 is 5.82 Å². The highest BCUT2D eigenvalue weighted by molar-refractivity contribution is 5.34. The number of nitrogens with zero attached hydrogens (tertiary/aromatic N) is 2. The van der Waals surface area contributed by atoms with Crippen LogP contribution in [0.4, 0.5) is 5.82 Å². The van der Waals surface area contributed by atoms with E-state index < -0.39 is 5.60 Å². The lowest BCUT2D eigenvalue weighted by molar-refractivity contribution is 0.0721. The number of hydrogen-bond donors (Lipinski definition) is 2. The molecule has 1 aromatic rings. The molecule has 0 bridgehead atoms. The van der Waals surface area contributed by atoms with Gasteiger partial charge in [-0.3, -0.25) is 0 Å². The van der Waals surface area contributed by atoms with E-state index in [0.29, 0.717) is 11.5 Å². The first kappa shape index (κ1) is 8.93. The topological polar surface area (TPSA) is 72.0 Å². The van der Waals surface area contributed by atoms with E-state index in [-0.39, 0.29) is 0 Å². The van der Waals surface area contributed by atoms with Gasteiger partial charge in [-0.2, -0.15) is 5.10 Å². The molecule has 0 spiro atoms. The molecule has 0 aliphatic rings. The van der Waals surface area contributed by atoms with Crippen LogP contribution in [-0.2, 0) is 5.60 Å². The number of nitrogen functional groups attached to an aromatic ring is 1. The van der Waals surface area contributed by atoms with E-state index in [4.69, 9.17) is 5.73 Å². The summed E-state index contributed by atoms with van der Waals surface area (Å²) in [6.07, 6.45) is 0. The van der Waals surface area contributed by atoms with Crippen LogP contribution in [0, 0.1) is 6.92 Å². The quantitative estimate of drug-likeness (QED) is 0.642. The Labute approximate surface area is 71.4 Å². The molecule has 0 unspecified atom stereocenters. The van der Waals surface area contributed by atoms with Crippen LogP contribution in [0.3, 0.4) is 0 Å². The van der Waals surface area contributed by atoms with Crippen LogP contribution in [0.5, 0.6) is 0 Å². The zero-order valence-corrected chi connectivity index (χ0v) is 7.50. The highest BCUT2D eigenvalue weighted by Crippen LogP contribution is 2.20. The van der Waals surface area contributed by atoms with E-state index in [1.54, 1.807) is 19.9 Å². The normalized spacial score (nSPS) is 11.7. The molecule has 3 N–H and O–H groups in total. The molecular formula is C8H13N3O. The Morgan fingerprint density at radius 2 is 2.00 bits per heavy atom. The van der Waals surface area contributed by atoms with Crippen LogP contribution in [0.25, 0.3) is 0 Å². The van der Waals surface area contributed by atoms with Crippen LogP contribution < -0.4 is 5.73 Å². The molecule has 1 aromatic heterocycles. The number of nitrogens with two attached hydrogens (primary N) is 1. The minimum Gasteiger partial charge on any atom is -0.384 e. The summed E-state index contributed by atoms with van der Waals surface area (Å²) in [4.78, 5) is 0. The van der Waals surface area contributed by atoms with E-state index in [0.717, 1.165) is 5.56 Å². The molecule has 1 rings (SSSR count). The van der Waals surface area contributed by atoms with Gasteiger partial charge in [0.25, 0.3) is 0 Å². The zero-order chi connectivity index (χ0) is 9.35. The van der Waals surface area contributed by atoms with Crippen LogP contribution >= 0.6 is 0 Å². The van der Waals surface area contributed by atoms with Crippen molar-refractivity contribution in [2.75, 3.05) is 5.73 Å². The smallest absolute Gasteiger partial charge is 0.146 e. The summed E-state index contributed by atoms with van der Waals surface area (Å²) < 4.78 is 0. The molecule has 0 radical (unpaired) electrons. The van der Waals surface area contributed by atoms with Gasteiger partial charge in [-0.05, 0) is 32.4 Å². The molecule has 66 valence electrons. The molecule has 0 saturated carbocycles. The Bertz CT molecular complexity index is 291. The fraction of sp³-hybridized carbons (Fsp3) is 0.500. The Hall–Kier alpha value is -1.16. The number of anilines is 1. The van der Waals surface area contributed by atoms with Crippen molar-refractivity contribution in [3.63, 3.8) is 0 Å². The third-order valence-electron chi connectivity index (χ3n) is 1.58. The van der Waals surface area contributed by atoms with Crippen molar-refractivity contribution in [2.24, 2.45) is 0 Å². The predicted octanol–water partition coefficient (Wildman–Crippen LogP) is 0.595. The standard InChI is InChI=1S/C8H13N3O/c1-5-4-6(9)10-11-7(5)8(2,3)12/h4,12H,1-3H3,(H2,9,10). The lowest BCUT2D eigenvalue weighted by atomic mass is 10.0. The van der Waals surface area contributed by atoms with Gasteiger partial charge in [0.1, 0.15) is 11.4 Å². The minimum atomic E-state index is -0.954. The number of aryl methyl sites for hydroxylation is 1. The van der Waals surface area contributed by atoms with Gasteiger partial charge < -0.3 is 10.8 Å². The average Bonchev–Trinajstić information content (AvgIpc) is 1.83. The van der Waals surface area contributed by atoms with E-state index in [1.165, 1.54) is 0 Å². The van der Waals surface area contributed by atoms with Crippen molar-refractivity contribution in [3.05, 3.63) is 17.3 Å². The second kappa shape index (κ2) is 2.71. The Kier molecular flexibility index (Phi) is 2.02. The summed E-state index contributed by atoms with van der Waals surface area (Å²) >= 11 is 0. The van der Waals surface area contributed by atoms with Crippen molar-refractivity contribution in [1.29, 1.82) is 0 Å². The lowest BCUT2D eigenvalue weighted by Crippen LogP contribution is -2.20. The third-order valence-corrected chi connectivity index (χ3v) is 1.58. The maximum absolute atomic E-state index is 9.62. The Morgan fingerprint density at radius 1 is 1.42 bits per heavy atom. The van der Waals surface area contributed by atoms with Crippen LogP contribution in [-0.4, -0.2) is 15.3 Å². The van der Waals surface area contributed by atoms with Gasteiger partial charge in [-0.1, -0.05) is 0 Å². The first-order chi connectivity index (χ1) is 5.41. The fourth-order valence-electron chi connectivity index (χ4n) is 1.11. The van der Waals surface area contributed by atoms with Gasteiger partial charge >= 0.3 is 0 Å². The van der Waals surface area contributed by atoms with Crippen LogP contribution in [0.2, 0.25) is 0 Å². The highest BCUT2D eigenvalue weighted by Gasteiger charge is 2.20. The molecule has 0 atom stereocenters. The van der Waals surface area contributed by atoms with Crippen molar-refractivity contribution in [1.82, 2.24) is 10.2 Å². The number of aliphatic hydroxyl groups is 1. The van der Waals surface area contributed by atoms with Gasteiger partial charge in [0, 0.05) is 0 Å². The average molecular weight is 167 g/mol. The Balaban J connectivity index is 3.19. The summed E-state index contributed by atoms with van der Waals surface area (Å²) in [5, 5.41) is 17.1. The number of rotatable bonds is 1. The second-order valence-corrected chi connectivity index (χ2v) is 3.36. The van der Waals surface area contributed by atoms with E-state index in [9.17, 15) is 5.11 Å². The maximum Gasteiger partial charge on any atom is 0.146 e. The number of hydrogen-bond acceptors (Lipinski definition) is 4. The largest absolute Gasteiger partial charge is 0.384 e. The molecule has 0 aliphatic heterocycles. The van der Waals surface area contributed by atoms with Crippen molar-refractivity contribution in [2.45, 2.75) is 26.4 Å². The Morgan fingerprint density at radius 3 is 2.42 bits per heavy atom. The van der Waals surface area contributed by atoms with Crippen molar-refractivity contribution < 1.29 is 5.11 Å².